The Morgan fingerprint density at radius 3 is 1.52 bits per heavy atom. The minimum atomic E-state index is -4.29. The number of nitrogens with one attached hydrogen (secondary N) is 1. The Hall–Kier alpha value is -0.500. The monoisotopic (exact) mass is 620 g/mol. The normalized spacial score (nSPS) is 14.5. The van der Waals surface area contributed by atoms with Crippen molar-refractivity contribution in [2.24, 2.45) is 5.73 Å². The van der Waals surface area contributed by atoms with E-state index in [-0.39, 0.29) is 25.7 Å². The van der Waals surface area contributed by atoms with E-state index in [9.17, 15) is 19.4 Å². The molecule has 0 aliphatic rings. The van der Waals surface area contributed by atoms with E-state index in [4.69, 9.17) is 14.8 Å². The number of hydrogen-bond donors (Lipinski definition) is 4. The molecule has 0 saturated carbocycles. The lowest BCUT2D eigenvalue weighted by atomic mass is 10.0. The van der Waals surface area contributed by atoms with Crippen LogP contribution in [-0.2, 0) is 18.4 Å². The fourth-order valence-corrected chi connectivity index (χ4v) is 6.01. The van der Waals surface area contributed by atoms with Crippen LogP contribution < -0.4 is 11.1 Å². The van der Waals surface area contributed by atoms with Gasteiger partial charge in [-0.05, 0) is 12.8 Å². The van der Waals surface area contributed by atoms with Crippen molar-refractivity contribution in [3.8, 4) is 0 Å². The van der Waals surface area contributed by atoms with Gasteiger partial charge >= 0.3 is 7.82 Å². The average Bonchev–Trinajstić information content (AvgIpc) is 2.97. The zero-order valence-electron chi connectivity index (χ0n) is 27.5. The minimum Gasteiger partial charge on any atom is -0.391 e. The molecule has 0 aromatic carbocycles. The number of nitrogens with two attached hydrogens (primary N) is 1. The minimum absolute atomic E-state index is 0.0919. The van der Waals surface area contributed by atoms with E-state index >= 15 is 0 Å². The number of carbonyl (C=O) groups excluding carboxylic acids is 1. The maximum atomic E-state index is 12.6. The summed E-state index contributed by atoms with van der Waals surface area (Å²) in [5.41, 5.74) is 5.35. The van der Waals surface area contributed by atoms with E-state index in [1.165, 1.54) is 109 Å². The molecule has 5 N–H and O–H groups in total. The lowest BCUT2D eigenvalue weighted by Gasteiger charge is -2.25. The van der Waals surface area contributed by atoms with Crippen LogP contribution in [0.3, 0.4) is 0 Å². The van der Waals surface area contributed by atoms with Crippen LogP contribution in [0.15, 0.2) is 0 Å². The summed E-state index contributed by atoms with van der Waals surface area (Å²) in [6, 6.07) is -0.764. The highest BCUT2D eigenvalue weighted by Gasteiger charge is 2.27. The molecule has 3 atom stereocenters. The standard InChI is InChI=1S/C33H69N2O6P/c1-3-5-7-9-11-13-15-17-19-21-23-25-27-33(37)35-31(30-41-42(38,39)40-29-28-34)32(36)26-24-22-20-18-16-14-12-10-8-6-4-2/h31-32,36H,3-30,34H2,1-2H3,(H,35,37)(H,38,39). The number of aliphatic hydroxyl groups is 1. The first-order valence-electron chi connectivity index (χ1n) is 17.7. The van der Waals surface area contributed by atoms with Crippen LogP contribution in [0.5, 0.6) is 0 Å². The van der Waals surface area contributed by atoms with Crippen molar-refractivity contribution in [2.75, 3.05) is 19.8 Å². The molecule has 3 unspecified atom stereocenters. The summed E-state index contributed by atoms with van der Waals surface area (Å²) in [5.74, 6) is -0.163. The van der Waals surface area contributed by atoms with E-state index in [1.54, 1.807) is 0 Å². The number of phosphoric ester groups is 1. The van der Waals surface area contributed by atoms with Crippen LogP contribution in [0.2, 0.25) is 0 Å². The number of carbonyl (C=O) groups is 1. The summed E-state index contributed by atoms with van der Waals surface area (Å²) in [7, 11) is -4.29. The molecule has 0 saturated heterocycles. The maximum absolute atomic E-state index is 12.6. The third kappa shape index (κ3) is 28.3. The van der Waals surface area contributed by atoms with Crippen molar-refractivity contribution in [1.29, 1.82) is 0 Å². The van der Waals surface area contributed by atoms with Gasteiger partial charge in [0.25, 0.3) is 0 Å². The van der Waals surface area contributed by atoms with Gasteiger partial charge in [0.15, 0.2) is 0 Å². The van der Waals surface area contributed by atoms with Crippen LogP contribution in [0.1, 0.15) is 174 Å². The van der Waals surface area contributed by atoms with Crippen LogP contribution in [0.25, 0.3) is 0 Å². The molecule has 0 aliphatic carbocycles. The Bertz CT molecular complexity index is 640. The number of unbranched alkanes of at least 4 members (excludes halogenated alkanes) is 21. The van der Waals surface area contributed by atoms with Crippen molar-refractivity contribution < 1.29 is 28.4 Å². The first-order valence-corrected chi connectivity index (χ1v) is 19.1. The number of amides is 1. The fourth-order valence-electron chi connectivity index (χ4n) is 5.25. The van der Waals surface area contributed by atoms with Gasteiger partial charge in [0.05, 0.1) is 25.4 Å². The summed E-state index contributed by atoms with van der Waals surface area (Å²) in [6.07, 6.45) is 28.1. The molecule has 0 rings (SSSR count). The van der Waals surface area contributed by atoms with Crippen molar-refractivity contribution in [1.82, 2.24) is 5.32 Å². The van der Waals surface area contributed by atoms with Crippen LogP contribution >= 0.6 is 7.82 Å². The van der Waals surface area contributed by atoms with Gasteiger partial charge in [-0.25, -0.2) is 4.57 Å². The predicted molar refractivity (Wildman–Crippen MR) is 175 cm³/mol. The number of phosphoric acid groups is 1. The zero-order valence-corrected chi connectivity index (χ0v) is 28.4. The third-order valence-electron chi connectivity index (χ3n) is 7.96. The van der Waals surface area contributed by atoms with E-state index in [1.807, 2.05) is 0 Å². The molecule has 1 amide bonds. The van der Waals surface area contributed by atoms with Gasteiger partial charge in [-0.3, -0.25) is 13.8 Å². The molecule has 0 radical (unpaired) electrons. The van der Waals surface area contributed by atoms with Crippen LogP contribution in [0, 0.1) is 0 Å². The molecule has 8 nitrogen and oxygen atoms in total. The summed E-state index contributed by atoms with van der Waals surface area (Å²) >= 11 is 0. The quantitative estimate of drug-likeness (QED) is 0.0426. The highest BCUT2D eigenvalue weighted by molar-refractivity contribution is 7.47. The topological polar surface area (TPSA) is 131 Å². The molecule has 0 bridgehead atoms. The zero-order chi connectivity index (χ0) is 31.2. The second-order valence-corrected chi connectivity index (χ2v) is 13.5. The summed E-state index contributed by atoms with van der Waals surface area (Å²) in [4.78, 5) is 22.5. The fraction of sp³-hybridized carbons (Fsp3) is 0.970. The molecule has 0 fully saturated rings. The maximum Gasteiger partial charge on any atom is 0.472 e. The highest BCUT2D eigenvalue weighted by Crippen LogP contribution is 2.43. The molecule has 42 heavy (non-hydrogen) atoms. The van der Waals surface area contributed by atoms with Gasteiger partial charge in [-0.2, -0.15) is 0 Å². The van der Waals surface area contributed by atoms with E-state index in [2.05, 4.69) is 19.2 Å². The highest BCUT2D eigenvalue weighted by atomic mass is 31.2. The molecule has 0 heterocycles. The van der Waals surface area contributed by atoms with E-state index in [0.717, 1.165) is 38.5 Å². The first-order chi connectivity index (χ1) is 20.4. The van der Waals surface area contributed by atoms with Crippen molar-refractivity contribution >= 4 is 13.7 Å². The lowest BCUT2D eigenvalue weighted by molar-refractivity contribution is -0.123. The Labute approximate surface area is 259 Å². The second-order valence-electron chi connectivity index (χ2n) is 12.1. The molecular weight excluding hydrogens is 551 g/mol. The van der Waals surface area contributed by atoms with Gasteiger partial charge in [-0.1, -0.05) is 155 Å². The molecule has 0 spiro atoms. The third-order valence-corrected chi connectivity index (χ3v) is 8.95. The van der Waals surface area contributed by atoms with E-state index in [0.29, 0.717) is 12.8 Å². The van der Waals surface area contributed by atoms with Gasteiger partial charge in [0.1, 0.15) is 0 Å². The second kappa shape index (κ2) is 30.5. The number of hydrogen-bond acceptors (Lipinski definition) is 6. The largest absolute Gasteiger partial charge is 0.472 e. The molecule has 0 aliphatic heterocycles. The smallest absolute Gasteiger partial charge is 0.391 e. The summed E-state index contributed by atoms with van der Waals surface area (Å²) in [5, 5.41) is 13.7. The SMILES string of the molecule is CCCCCCCCCCCCCCC(=O)NC(COP(=O)(O)OCCN)C(O)CCCCCCCCCCCCC. The van der Waals surface area contributed by atoms with Crippen LogP contribution in [-0.4, -0.2) is 47.8 Å². The molecule has 0 aromatic rings. The molecule has 0 aromatic heterocycles. The van der Waals surface area contributed by atoms with Gasteiger partial charge in [0, 0.05) is 13.0 Å². The van der Waals surface area contributed by atoms with Crippen molar-refractivity contribution in [2.45, 2.75) is 187 Å². The van der Waals surface area contributed by atoms with Gasteiger partial charge in [-0.15, -0.1) is 0 Å². The number of aliphatic hydroxyl groups excluding tert-OH is 1. The van der Waals surface area contributed by atoms with E-state index < -0.39 is 20.0 Å². The Morgan fingerprint density at radius 2 is 1.10 bits per heavy atom. The Kier molecular flexibility index (Phi) is 30.2. The Morgan fingerprint density at radius 1 is 0.690 bits per heavy atom. The molecule has 9 heteroatoms. The van der Waals surface area contributed by atoms with Gasteiger partial charge < -0.3 is 21.1 Å². The van der Waals surface area contributed by atoms with Crippen molar-refractivity contribution in [3.05, 3.63) is 0 Å². The van der Waals surface area contributed by atoms with Gasteiger partial charge in [0.2, 0.25) is 5.91 Å². The summed E-state index contributed by atoms with van der Waals surface area (Å²) < 4.78 is 22.0. The molecule has 252 valence electrons. The van der Waals surface area contributed by atoms with Crippen molar-refractivity contribution in [3.63, 3.8) is 0 Å². The lowest BCUT2D eigenvalue weighted by Crippen LogP contribution is -2.46. The number of rotatable bonds is 33. The predicted octanol–water partition coefficient (Wildman–Crippen LogP) is 8.72. The molecular formula is C33H69N2O6P. The summed E-state index contributed by atoms with van der Waals surface area (Å²) in [6.45, 7) is 4.18. The Balaban J connectivity index is 4.28. The first kappa shape index (κ1) is 41.5. The average molecular weight is 621 g/mol. The van der Waals surface area contributed by atoms with Crippen LogP contribution in [0.4, 0.5) is 0 Å².